The quantitative estimate of drug-likeness (QED) is 0.768. The first-order chi connectivity index (χ1) is 14.5. The Labute approximate surface area is 180 Å². The number of carbonyl (C=O) groups is 3. The molecule has 164 valence electrons. The highest BCUT2D eigenvalue weighted by molar-refractivity contribution is 6.09. The van der Waals surface area contributed by atoms with E-state index in [1.165, 1.54) is 30.2 Å². The van der Waals surface area contributed by atoms with E-state index in [1.807, 2.05) is 20.8 Å². The van der Waals surface area contributed by atoms with Crippen LogP contribution < -0.4 is 20.3 Å². The number of nitrogens with one attached hydrogen (secondary N) is 2. The minimum Gasteiger partial charge on any atom is -0.496 e. The number of rotatable bonds is 4. The second-order valence-corrected chi connectivity index (χ2v) is 8.49. The predicted octanol–water partition coefficient (Wildman–Crippen LogP) is 4.14. The predicted molar refractivity (Wildman–Crippen MR) is 116 cm³/mol. The molecule has 0 aromatic heterocycles. The second-order valence-electron chi connectivity index (χ2n) is 8.49. The molecular weight excluding hydrogens is 401 g/mol. The molecule has 1 fully saturated rings. The summed E-state index contributed by atoms with van der Waals surface area (Å²) in [5, 5.41) is 5.09. The molecule has 0 aliphatic carbocycles. The zero-order valence-corrected chi connectivity index (χ0v) is 18.3. The van der Waals surface area contributed by atoms with Gasteiger partial charge in [0, 0.05) is 29.9 Å². The molecule has 2 N–H and O–H groups in total. The Morgan fingerprint density at radius 2 is 1.90 bits per heavy atom. The number of hydrogen-bond donors (Lipinski definition) is 2. The maximum atomic E-state index is 13.4. The summed E-state index contributed by atoms with van der Waals surface area (Å²) in [4.78, 5) is 38.6. The molecule has 0 atom stereocenters. The van der Waals surface area contributed by atoms with Crippen LogP contribution >= 0.6 is 0 Å². The van der Waals surface area contributed by atoms with Crippen molar-refractivity contribution in [2.24, 2.45) is 0 Å². The van der Waals surface area contributed by atoms with Crippen LogP contribution in [0, 0.1) is 12.7 Å². The van der Waals surface area contributed by atoms with Crippen molar-refractivity contribution < 1.29 is 23.5 Å². The molecule has 7 nitrogen and oxygen atoms in total. The molecule has 2 aromatic rings. The Morgan fingerprint density at radius 3 is 2.48 bits per heavy atom. The van der Waals surface area contributed by atoms with Crippen molar-refractivity contribution in [1.29, 1.82) is 0 Å². The van der Waals surface area contributed by atoms with Gasteiger partial charge in [-0.15, -0.1) is 0 Å². The lowest BCUT2D eigenvalue weighted by Crippen LogP contribution is -2.49. The number of amides is 4. The van der Waals surface area contributed by atoms with Crippen molar-refractivity contribution in [2.45, 2.75) is 39.5 Å². The van der Waals surface area contributed by atoms with E-state index in [0.717, 1.165) is 5.56 Å². The Morgan fingerprint density at radius 1 is 1.19 bits per heavy atom. The number of ether oxygens (including phenoxy) is 1. The third kappa shape index (κ3) is 4.68. The summed E-state index contributed by atoms with van der Waals surface area (Å²) in [5.74, 6) is -0.791. The van der Waals surface area contributed by atoms with Gasteiger partial charge in [0.1, 0.15) is 11.6 Å². The van der Waals surface area contributed by atoms with Crippen LogP contribution in [0.4, 0.5) is 20.6 Å². The lowest BCUT2D eigenvalue weighted by molar-refractivity contribution is -0.120. The Bertz CT molecular complexity index is 1060. The number of halogens is 1. The minimum atomic E-state index is -0.540. The van der Waals surface area contributed by atoms with Crippen molar-refractivity contribution in [3.63, 3.8) is 0 Å². The van der Waals surface area contributed by atoms with Crippen molar-refractivity contribution >= 4 is 29.2 Å². The number of aryl methyl sites for hydroxylation is 1. The van der Waals surface area contributed by atoms with Crippen LogP contribution in [0.3, 0.4) is 0 Å². The number of imide groups is 1. The Hall–Kier alpha value is -3.42. The zero-order valence-electron chi connectivity index (χ0n) is 18.3. The fraction of sp³-hybridized carbons (Fsp3) is 0.348. The number of anilines is 2. The lowest BCUT2D eigenvalue weighted by atomic mass is 9.84. The van der Waals surface area contributed by atoms with E-state index in [2.05, 4.69) is 10.6 Å². The lowest BCUT2D eigenvalue weighted by Gasteiger charge is -2.30. The molecule has 2 aromatic carbocycles. The molecule has 1 aliphatic rings. The Kier molecular flexibility index (Phi) is 6.01. The van der Waals surface area contributed by atoms with E-state index in [1.54, 1.807) is 19.1 Å². The molecule has 4 amide bonds. The summed E-state index contributed by atoms with van der Waals surface area (Å²) in [6.07, 6.45) is 0.166. The first-order valence-corrected chi connectivity index (χ1v) is 9.92. The highest BCUT2D eigenvalue weighted by atomic mass is 19.1. The van der Waals surface area contributed by atoms with Gasteiger partial charge in [-0.3, -0.25) is 19.8 Å². The van der Waals surface area contributed by atoms with E-state index in [9.17, 15) is 18.8 Å². The fourth-order valence-corrected chi connectivity index (χ4v) is 3.48. The summed E-state index contributed by atoms with van der Waals surface area (Å²) in [6, 6.07) is 6.92. The molecule has 0 unspecified atom stereocenters. The standard InChI is InChI=1S/C23H26FN3O4/c1-13-10-14(24)6-7-18(13)25-21(29)16-11-15(27-9-8-19(28)26-22(27)30)12-17(20(16)31-5)23(2,3)4/h6-7,10-12H,8-9H2,1-5H3,(H,25,29)(H,26,28,30). The summed E-state index contributed by atoms with van der Waals surface area (Å²) < 4.78 is 19.0. The van der Waals surface area contributed by atoms with Gasteiger partial charge in [0.05, 0.1) is 12.7 Å². The van der Waals surface area contributed by atoms with Gasteiger partial charge in [-0.25, -0.2) is 9.18 Å². The summed E-state index contributed by atoms with van der Waals surface area (Å²) >= 11 is 0. The van der Waals surface area contributed by atoms with E-state index in [-0.39, 0.29) is 24.4 Å². The molecule has 0 radical (unpaired) electrons. The first kappa shape index (κ1) is 22.3. The number of urea groups is 1. The monoisotopic (exact) mass is 427 g/mol. The van der Waals surface area contributed by atoms with Gasteiger partial charge in [-0.1, -0.05) is 20.8 Å². The number of methoxy groups -OCH3 is 1. The van der Waals surface area contributed by atoms with Gasteiger partial charge in [-0.2, -0.15) is 0 Å². The summed E-state index contributed by atoms with van der Waals surface area (Å²) in [7, 11) is 1.48. The molecule has 0 spiro atoms. The number of benzene rings is 2. The van der Waals surface area contributed by atoms with Crippen LogP contribution in [0.5, 0.6) is 5.75 Å². The molecular formula is C23H26FN3O4. The minimum absolute atomic E-state index is 0.166. The number of nitrogens with zero attached hydrogens (tertiary/aromatic N) is 1. The van der Waals surface area contributed by atoms with E-state index in [4.69, 9.17) is 4.74 Å². The van der Waals surface area contributed by atoms with Gasteiger partial charge in [0.25, 0.3) is 5.91 Å². The molecule has 1 saturated heterocycles. The van der Waals surface area contributed by atoms with Crippen LogP contribution in [-0.2, 0) is 10.2 Å². The van der Waals surface area contributed by atoms with Gasteiger partial charge in [0.15, 0.2) is 0 Å². The summed E-state index contributed by atoms with van der Waals surface area (Å²) in [5.41, 5.74) is 2.10. The van der Waals surface area contributed by atoms with E-state index in [0.29, 0.717) is 22.7 Å². The topological polar surface area (TPSA) is 87.7 Å². The van der Waals surface area contributed by atoms with Gasteiger partial charge in [0.2, 0.25) is 5.91 Å². The van der Waals surface area contributed by atoms with Crippen molar-refractivity contribution in [3.8, 4) is 5.75 Å². The van der Waals surface area contributed by atoms with Crippen LogP contribution in [-0.4, -0.2) is 31.5 Å². The zero-order chi connectivity index (χ0) is 22.9. The van der Waals surface area contributed by atoms with E-state index < -0.39 is 23.2 Å². The third-order valence-corrected chi connectivity index (χ3v) is 5.13. The third-order valence-electron chi connectivity index (χ3n) is 5.13. The van der Waals surface area contributed by atoms with Crippen LogP contribution in [0.2, 0.25) is 0 Å². The fourth-order valence-electron chi connectivity index (χ4n) is 3.48. The normalized spacial score (nSPS) is 14.3. The highest BCUT2D eigenvalue weighted by Gasteiger charge is 2.30. The molecule has 0 saturated carbocycles. The Balaban J connectivity index is 2.09. The average molecular weight is 427 g/mol. The van der Waals surface area contributed by atoms with Crippen LogP contribution in [0.15, 0.2) is 30.3 Å². The number of hydrogen-bond acceptors (Lipinski definition) is 4. The highest BCUT2D eigenvalue weighted by Crippen LogP contribution is 2.38. The molecule has 8 heteroatoms. The van der Waals surface area contributed by atoms with Gasteiger partial charge < -0.3 is 10.1 Å². The molecule has 0 bridgehead atoms. The molecule has 3 rings (SSSR count). The maximum absolute atomic E-state index is 13.4. The SMILES string of the molecule is COc1c(C(=O)Nc2ccc(F)cc2C)cc(N2CCC(=O)NC2=O)cc1C(C)(C)C. The largest absolute Gasteiger partial charge is 0.496 e. The smallest absolute Gasteiger partial charge is 0.328 e. The summed E-state index contributed by atoms with van der Waals surface area (Å²) in [6.45, 7) is 7.82. The molecule has 1 heterocycles. The van der Waals surface area contributed by atoms with Gasteiger partial charge >= 0.3 is 6.03 Å². The second kappa shape index (κ2) is 8.37. The van der Waals surface area contributed by atoms with Crippen molar-refractivity contribution in [3.05, 3.63) is 52.8 Å². The molecule has 31 heavy (non-hydrogen) atoms. The average Bonchev–Trinajstić information content (AvgIpc) is 2.68. The van der Waals surface area contributed by atoms with Crippen LogP contribution in [0.1, 0.15) is 48.7 Å². The molecule has 1 aliphatic heterocycles. The van der Waals surface area contributed by atoms with Gasteiger partial charge in [-0.05, 0) is 48.2 Å². The number of carbonyl (C=O) groups excluding carboxylic acids is 3. The van der Waals surface area contributed by atoms with Crippen molar-refractivity contribution in [2.75, 3.05) is 23.9 Å². The van der Waals surface area contributed by atoms with E-state index >= 15 is 0 Å². The first-order valence-electron chi connectivity index (χ1n) is 9.92. The van der Waals surface area contributed by atoms with Crippen LogP contribution in [0.25, 0.3) is 0 Å². The maximum Gasteiger partial charge on any atom is 0.328 e. The van der Waals surface area contributed by atoms with Crippen molar-refractivity contribution in [1.82, 2.24) is 5.32 Å².